The fraction of sp³-hybridized carbons (Fsp3) is 0.0345. The minimum Gasteiger partial charge on any atom is -0.270 e. The minimum atomic E-state index is 0. The molecule has 0 saturated heterocycles. The Labute approximate surface area is 222 Å². The van der Waals surface area contributed by atoms with E-state index in [-0.39, 0.29) is 34.1 Å². The van der Waals surface area contributed by atoms with Crippen molar-refractivity contribution in [2.75, 3.05) is 0 Å². The van der Waals surface area contributed by atoms with Crippen LogP contribution in [0.25, 0.3) is 22.5 Å². The van der Waals surface area contributed by atoms with Crippen LogP contribution in [-0.4, -0.2) is 15.0 Å². The standard InChI is InChI=1S/C19H15N3.2C5H5.2Fe/c1-2-10-16(11-3-1)18-19(17-12-6-7-13-17)22(21-20-18)14-15-8-4-5-9-15;2*1-2-4-5-3-1;;/h1-13H,14H2;2*1-5H;;/q-2;2*-1;2*+2. The molecule has 172 valence electrons. The molecule has 0 N–H and O–H groups in total. The van der Waals surface area contributed by atoms with Gasteiger partial charge in [0.1, 0.15) is 0 Å². The fourth-order valence-corrected chi connectivity index (χ4v) is 3.37. The minimum absolute atomic E-state index is 0. The van der Waals surface area contributed by atoms with Gasteiger partial charge in [0.15, 0.2) is 0 Å². The summed E-state index contributed by atoms with van der Waals surface area (Å²) in [6.07, 6.45) is 0. The second-order valence-corrected chi connectivity index (χ2v) is 7.20. The summed E-state index contributed by atoms with van der Waals surface area (Å²) in [4.78, 5) is 0. The second-order valence-electron chi connectivity index (χ2n) is 7.20. The van der Waals surface area contributed by atoms with Gasteiger partial charge in [0, 0.05) is 17.9 Å². The molecular formula is C29H25Fe2N3. The van der Waals surface area contributed by atoms with Gasteiger partial charge in [-0.2, -0.15) is 65.8 Å². The fourth-order valence-electron chi connectivity index (χ4n) is 3.37. The Kier molecular flexibility index (Phi) is 11.8. The van der Waals surface area contributed by atoms with Crippen molar-refractivity contribution in [2.45, 2.75) is 6.54 Å². The Hall–Kier alpha value is -3.20. The SMILES string of the molecule is [Fe+2].[Fe+2].c1cc[cH-]c1.c1cc[cH-]c1.c1ccc(-c2nnn(C[c-]3cccc3)c2-[c-]2cccc2)cc1. The summed E-state index contributed by atoms with van der Waals surface area (Å²) < 4.78 is 1.98. The molecule has 1 heterocycles. The number of rotatable bonds is 4. The zero-order chi connectivity index (χ0) is 21.8. The van der Waals surface area contributed by atoms with E-state index in [0.29, 0.717) is 0 Å². The van der Waals surface area contributed by atoms with Crippen molar-refractivity contribution in [1.82, 2.24) is 15.0 Å². The monoisotopic (exact) mass is 527 g/mol. The molecule has 0 saturated carbocycles. The molecule has 0 atom stereocenters. The molecule has 6 aromatic rings. The van der Waals surface area contributed by atoms with Crippen LogP contribution in [0, 0.1) is 0 Å². The molecule has 0 aliphatic heterocycles. The van der Waals surface area contributed by atoms with Crippen LogP contribution in [0.1, 0.15) is 5.56 Å². The van der Waals surface area contributed by atoms with Crippen molar-refractivity contribution in [1.29, 1.82) is 0 Å². The molecular weight excluding hydrogens is 502 g/mol. The number of nitrogens with zero attached hydrogens (tertiary/aromatic N) is 3. The maximum Gasteiger partial charge on any atom is 2.00 e. The summed E-state index contributed by atoms with van der Waals surface area (Å²) in [5.74, 6) is 0. The normalized spacial score (nSPS) is 9.41. The molecule has 0 unspecified atom stereocenters. The van der Waals surface area contributed by atoms with Crippen LogP contribution in [0.15, 0.2) is 140 Å². The van der Waals surface area contributed by atoms with Crippen LogP contribution < -0.4 is 0 Å². The van der Waals surface area contributed by atoms with Gasteiger partial charge in [-0.3, -0.25) is 4.68 Å². The molecule has 0 aliphatic carbocycles. The van der Waals surface area contributed by atoms with Crippen molar-refractivity contribution in [2.24, 2.45) is 0 Å². The summed E-state index contributed by atoms with van der Waals surface area (Å²) >= 11 is 0. The Morgan fingerprint density at radius 3 is 1.68 bits per heavy atom. The third-order valence-corrected chi connectivity index (χ3v) is 4.89. The molecule has 0 bridgehead atoms. The van der Waals surface area contributed by atoms with E-state index in [1.54, 1.807) is 0 Å². The van der Waals surface area contributed by atoms with E-state index in [1.807, 2.05) is 108 Å². The van der Waals surface area contributed by atoms with Gasteiger partial charge in [0.2, 0.25) is 0 Å². The topological polar surface area (TPSA) is 30.7 Å². The first kappa shape index (κ1) is 27.0. The predicted molar refractivity (Wildman–Crippen MR) is 132 cm³/mol. The Morgan fingerprint density at radius 1 is 0.647 bits per heavy atom. The zero-order valence-corrected chi connectivity index (χ0v) is 20.7. The van der Waals surface area contributed by atoms with E-state index < -0.39 is 0 Å². The summed E-state index contributed by atoms with van der Waals surface area (Å²) in [7, 11) is 0. The van der Waals surface area contributed by atoms with Gasteiger partial charge in [0.05, 0.1) is 0 Å². The Bertz CT molecular complexity index is 1160. The van der Waals surface area contributed by atoms with Gasteiger partial charge in [-0.15, -0.1) is 17.7 Å². The van der Waals surface area contributed by atoms with Gasteiger partial charge in [-0.1, -0.05) is 41.1 Å². The van der Waals surface area contributed by atoms with Crippen LogP contribution >= 0.6 is 0 Å². The summed E-state index contributed by atoms with van der Waals surface area (Å²) in [6.45, 7) is 0.730. The van der Waals surface area contributed by atoms with Crippen LogP contribution in [0.2, 0.25) is 0 Å². The van der Waals surface area contributed by atoms with Gasteiger partial charge in [-0.05, 0) is 5.56 Å². The predicted octanol–water partition coefficient (Wildman–Crippen LogP) is 6.90. The van der Waals surface area contributed by atoms with E-state index in [0.717, 1.165) is 29.1 Å². The molecule has 34 heavy (non-hydrogen) atoms. The number of hydrogen-bond acceptors (Lipinski definition) is 2. The third-order valence-electron chi connectivity index (χ3n) is 4.89. The Balaban J connectivity index is 0.000000283. The first-order chi connectivity index (χ1) is 15.9. The van der Waals surface area contributed by atoms with Crippen molar-refractivity contribution in [3.05, 3.63) is 145 Å². The number of hydrogen-bond donors (Lipinski definition) is 0. The van der Waals surface area contributed by atoms with Gasteiger partial charge < -0.3 is 0 Å². The molecule has 0 amide bonds. The zero-order valence-electron chi connectivity index (χ0n) is 18.5. The third kappa shape index (κ3) is 7.69. The van der Waals surface area contributed by atoms with E-state index in [4.69, 9.17) is 0 Å². The second kappa shape index (κ2) is 14.8. The first-order valence-corrected chi connectivity index (χ1v) is 10.7. The number of aromatic nitrogens is 3. The molecule has 5 aromatic carbocycles. The van der Waals surface area contributed by atoms with Gasteiger partial charge in [0.25, 0.3) is 0 Å². The van der Waals surface area contributed by atoms with Crippen molar-refractivity contribution in [3.63, 3.8) is 0 Å². The van der Waals surface area contributed by atoms with Crippen LogP contribution in [0.3, 0.4) is 0 Å². The quantitative estimate of drug-likeness (QED) is 0.185. The average molecular weight is 527 g/mol. The summed E-state index contributed by atoms with van der Waals surface area (Å²) in [5.41, 5.74) is 5.47. The number of benzene rings is 1. The molecule has 0 radical (unpaired) electrons. The summed E-state index contributed by atoms with van der Waals surface area (Å²) in [6, 6.07) is 46.8. The Morgan fingerprint density at radius 2 is 1.18 bits per heavy atom. The van der Waals surface area contributed by atoms with Gasteiger partial charge in [-0.25, -0.2) is 36.4 Å². The first-order valence-electron chi connectivity index (χ1n) is 10.7. The molecule has 0 spiro atoms. The van der Waals surface area contributed by atoms with Crippen LogP contribution in [0.5, 0.6) is 0 Å². The largest absolute Gasteiger partial charge is 2.00 e. The van der Waals surface area contributed by atoms with Crippen molar-refractivity contribution >= 4 is 0 Å². The van der Waals surface area contributed by atoms with E-state index in [9.17, 15) is 0 Å². The smallest absolute Gasteiger partial charge is 0.270 e. The van der Waals surface area contributed by atoms with Crippen LogP contribution in [-0.2, 0) is 40.7 Å². The molecule has 0 fully saturated rings. The molecule has 0 aliphatic rings. The van der Waals surface area contributed by atoms with E-state index in [1.165, 1.54) is 5.56 Å². The molecule has 1 aromatic heterocycles. The molecule has 5 heteroatoms. The molecule has 3 nitrogen and oxygen atoms in total. The maximum atomic E-state index is 4.44. The average Bonchev–Trinajstić information content (AvgIpc) is 3.67. The van der Waals surface area contributed by atoms with Crippen LogP contribution in [0.4, 0.5) is 0 Å². The van der Waals surface area contributed by atoms with Gasteiger partial charge >= 0.3 is 34.1 Å². The van der Waals surface area contributed by atoms with E-state index >= 15 is 0 Å². The van der Waals surface area contributed by atoms with Crippen molar-refractivity contribution in [3.8, 4) is 22.5 Å². The summed E-state index contributed by atoms with van der Waals surface area (Å²) in [5, 5.41) is 8.83. The maximum absolute atomic E-state index is 4.44. The van der Waals surface area contributed by atoms with Crippen molar-refractivity contribution < 1.29 is 34.1 Å². The van der Waals surface area contributed by atoms with E-state index in [2.05, 4.69) is 46.7 Å². The molecule has 6 rings (SSSR count).